The summed E-state index contributed by atoms with van der Waals surface area (Å²) in [7, 11) is 0. The Morgan fingerprint density at radius 3 is 2.40 bits per heavy atom. The minimum absolute atomic E-state index is 0.225. The van der Waals surface area contributed by atoms with E-state index < -0.39 is 0 Å². The summed E-state index contributed by atoms with van der Waals surface area (Å²) in [5.74, 6) is -0.225. The fourth-order valence-corrected chi connectivity index (χ4v) is 2.57. The predicted molar refractivity (Wildman–Crippen MR) is 81.1 cm³/mol. The first-order valence-electron chi connectivity index (χ1n) is 6.65. The van der Waals surface area contributed by atoms with E-state index in [0.29, 0.717) is 0 Å². The third-order valence-electron chi connectivity index (χ3n) is 3.70. The van der Waals surface area contributed by atoms with Crippen LogP contribution in [0.3, 0.4) is 0 Å². The number of hydrogen-bond acceptors (Lipinski definition) is 1. The molecule has 0 amide bonds. The Morgan fingerprint density at radius 1 is 0.900 bits per heavy atom. The Bertz CT molecular complexity index is 764. The van der Waals surface area contributed by atoms with E-state index in [1.165, 1.54) is 22.9 Å². The third kappa shape index (κ3) is 2.30. The second-order valence-corrected chi connectivity index (χ2v) is 5.09. The van der Waals surface area contributed by atoms with Crippen molar-refractivity contribution in [2.75, 3.05) is 0 Å². The average Bonchev–Trinajstić information content (AvgIpc) is 2.46. The summed E-state index contributed by atoms with van der Waals surface area (Å²) in [6.45, 7) is 1.89. The minimum atomic E-state index is -0.236. The van der Waals surface area contributed by atoms with E-state index in [9.17, 15) is 4.39 Å². The summed E-state index contributed by atoms with van der Waals surface area (Å²) in [6, 6.07) is 18.9. The van der Waals surface area contributed by atoms with Crippen molar-refractivity contribution in [3.8, 4) is 0 Å². The molecule has 0 aliphatic rings. The molecule has 2 heteroatoms. The van der Waals surface area contributed by atoms with Crippen LogP contribution in [0.15, 0.2) is 60.7 Å². The van der Waals surface area contributed by atoms with E-state index in [2.05, 4.69) is 24.3 Å². The molecule has 20 heavy (non-hydrogen) atoms. The summed E-state index contributed by atoms with van der Waals surface area (Å²) in [6.07, 6.45) is 0. The molecule has 0 radical (unpaired) electrons. The highest BCUT2D eigenvalue weighted by Crippen LogP contribution is 2.26. The Labute approximate surface area is 117 Å². The van der Waals surface area contributed by atoms with Crippen molar-refractivity contribution in [2.24, 2.45) is 5.73 Å². The first-order valence-corrected chi connectivity index (χ1v) is 6.65. The lowest BCUT2D eigenvalue weighted by atomic mass is 9.94. The average molecular weight is 265 g/mol. The Balaban J connectivity index is 2.05. The second-order valence-electron chi connectivity index (χ2n) is 5.09. The molecule has 1 nitrogen and oxygen atoms in total. The van der Waals surface area contributed by atoms with E-state index in [4.69, 9.17) is 5.73 Å². The minimum Gasteiger partial charge on any atom is -0.320 e. The Kier molecular flexibility index (Phi) is 3.25. The molecule has 100 valence electrons. The zero-order valence-electron chi connectivity index (χ0n) is 11.3. The lowest BCUT2D eigenvalue weighted by Crippen LogP contribution is -2.13. The zero-order chi connectivity index (χ0) is 14.1. The van der Waals surface area contributed by atoms with E-state index in [0.717, 1.165) is 16.7 Å². The molecule has 0 aliphatic carbocycles. The molecule has 0 aromatic heterocycles. The van der Waals surface area contributed by atoms with Gasteiger partial charge in [0.25, 0.3) is 0 Å². The number of fused-ring (bicyclic) bond motifs is 1. The van der Waals surface area contributed by atoms with Crippen LogP contribution in [0.4, 0.5) is 4.39 Å². The standard InChI is InChI=1S/C18H16FN/c1-12-10-16(19)8-9-17(12)18(20)15-7-6-13-4-2-3-5-14(13)11-15/h2-11,18H,20H2,1H3. The van der Waals surface area contributed by atoms with Gasteiger partial charge in [0.05, 0.1) is 6.04 Å². The maximum absolute atomic E-state index is 13.2. The summed E-state index contributed by atoms with van der Waals surface area (Å²) in [5.41, 5.74) is 9.22. The Morgan fingerprint density at radius 2 is 1.65 bits per heavy atom. The molecule has 0 spiro atoms. The molecule has 0 saturated heterocycles. The number of aryl methyl sites for hydroxylation is 1. The van der Waals surface area contributed by atoms with Crippen molar-refractivity contribution in [3.63, 3.8) is 0 Å². The number of rotatable bonds is 2. The first kappa shape index (κ1) is 12.8. The van der Waals surface area contributed by atoms with Gasteiger partial charge in [-0.15, -0.1) is 0 Å². The summed E-state index contributed by atoms with van der Waals surface area (Å²) >= 11 is 0. The van der Waals surface area contributed by atoms with E-state index in [1.807, 2.05) is 25.1 Å². The van der Waals surface area contributed by atoms with Crippen LogP contribution < -0.4 is 5.73 Å². The van der Waals surface area contributed by atoms with E-state index >= 15 is 0 Å². The molecule has 0 saturated carbocycles. The summed E-state index contributed by atoms with van der Waals surface area (Å²) in [4.78, 5) is 0. The maximum Gasteiger partial charge on any atom is 0.123 e. The molecular weight excluding hydrogens is 249 g/mol. The molecule has 3 aromatic carbocycles. The fraction of sp³-hybridized carbons (Fsp3) is 0.111. The van der Waals surface area contributed by atoms with Gasteiger partial charge in [-0.1, -0.05) is 42.5 Å². The normalized spacial score (nSPS) is 12.6. The van der Waals surface area contributed by atoms with Crippen LogP contribution in [0.25, 0.3) is 10.8 Å². The van der Waals surface area contributed by atoms with Crippen molar-refractivity contribution in [1.82, 2.24) is 0 Å². The molecule has 2 N–H and O–H groups in total. The van der Waals surface area contributed by atoms with E-state index in [-0.39, 0.29) is 11.9 Å². The highest BCUT2D eigenvalue weighted by molar-refractivity contribution is 5.83. The molecular formula is C18H16FN. The molecule has 3 rings (SSSR count). The van der Waals surface area contributed by atoms with Crippen LogP contribution in [0.1, 0.15) is 22.7 Å². The smallest absolute Gasteiger partial charge is 0.123 e. The molecule has 1 unspecified atom stereocenters. The van der Waals surface area contributed by atoms with Crippen molar-refractivity contribution in [3.05, 3.63) is 83.2 Å². The monoisotopic (exact) mass is 265 g/mol. The SMILES string of the molecule is Cc1cc(F)ccc1C(N)c1ccc2ccccc2c1. The zero-order valence-corrected chi connectivity index (χ0v) is 11.3. The van der Waals surface area contributed by atoms with Gasteiger partial charge in [-0.05, 0) is 52.6 Å². The lowest BCUT2D eigenvalue weighted by Gasteiger charge is -2.16. The first-order chi connectivity index (χ1) is 9.65. The quantitative estimate of drug-likeness (QED) is 0.733. The van der Waals surface area contributed by atoms with Crippen molar-refractivity contribution < 1.29 is 4.39 Å². The lowest BCUT2D eigenvalue weighted by molar-refractivity contribution is 0.624. The molecule has 1 atom stereocenters. The maximum atomic E-state index is 13.2. The van der Waals surface area contributed by atoms with Crippen LogP contribution in [-0.4, -0.2) is 0 Å². The van der Waals surface area contributed by atoms with Gasteiger partial charge in [-0.25, -0.2) is 4.39 Å². The molecule has 0 bridgehead atoms. The number of hydrogen-bond donors (Lipinski definition) is 1. The largest absolute Gasteiger partial charge is 0.320 e. The number of halogens is 1. The van der Waals surface area contributed by atoms with Crippen LogP contribution in [0.2, 0.25) is 0 Å². The van der Waals surface area contributed by atoms with Gasteiger partial charge in [0, 0.05) is 0 Å². The Hall–Kier alpha value is -2.19. The van der Waals surface area contributed by atoms with Crippen LogP contribution >= 0.6 is 0 Å². The van der Waals surface area contributed by atoms with E-state index in [1.54, 1.807) is 6.07 Å². The third-order valence-corrected chi connectivity index (χ3v) is 3.70. The van der Waals surface area contributed by atoms with Gasteiger partial charge in [0.2, 0.25) is 0 Å². The fourth-order valence-electron chi connectivity index (χ4n) is 2.57. The molecule has 3 aromatic rings. The van der Waals surface area contributed by atoms with Gasteiger partial charge in [-0.3, -0.25) is 0 Å². The number of nitrogens with two attached hydrogens (primary N) is 1. The van der Waals surface area contributed by atoms with Gasteiger partial charge in [0.1, 0.15) is 5.82 Å². The van der Waals surface area contributed by atoms with Crippen molar-refractivity contribution in [2.45, 2.75) is 13.0 Å². The van der Waals surface area contributed by atoms with Crippen molar-refractivity contribution in [1.29, 1.82) is 0 Å². The van der Waals surface area contributed by atoms with Crippen molar-refractivity contribution >= 4 is 10.8 Å². The molecule has 0 heterocycles. The highest BCUT2D eigenvalue weighted by Gasteiger charge is 2.12. The highest BCUT2D eigenvalue weighted by atomic mass is 19.1. The van der Waals surface area contributed by atoms with Gasteiger partial charge >= 0.3 is 0 Å². The van der Waals surface area contributed by atoms with Crippen LogP contribution in [-0.2, 0) is 0 Å². The predicted octanol–water partition coefficient (Wildman–Crippen LogP) is 4.34. The van der Waals surface area contributed by atoms with Gasteiger partial charge in [0.15, 0.2) is 0 Å². The van der Waals surface area contributed by atoms with Crippen LogP contribution in [0.5, 0.6) is 0 Å². The molecule has 0 fully saturated rings. The molecule has 0 aliphatic heterocycles. The van der Waals surface area contributed by atoms with Gasteiger partial charge in [-0.2, -0.15) is 0 Å². The second kappa shape index (κ2) is 5.06. The topological polar surface area (TPSA) is 26.0 Å². The number of benzene rings is 3. The van der Waals surface area contributed by atoms with Gasteiger partial charge < -0.3 is 5.73 Å². The summed E-state index contributed by atoms with van der Waals surface area (Å²) < 4.78 is 13.2. The summed E-state index contributed by atoms with van der Waals surface area (Å²) in [5, 5.41) is 2.36. The van der Waals surface area contributed by atoms with Crippen LogP contribution in [0, 0.1) is 12.7 Å².